The SMILES string of the molecule is Cc1noc(C)c1C(=O)N1C[C@@H]2OCCS(=O)(=O)N(Cc3cccc(F)c3)[C@@H]2C1. The van der Waals surface area contributed by atoms with E-state index in [1.54, 1.807) is 30.9 Å². The van der Waals surface area contributed by atoms with Gasteiger partial charge in [0.25, 0.3) is 5.91 Å². The summed E-state index contributed by atoms with van der Waals surface area (Å²) < 4.78 is 51.6. The van der Waals surface area contributed by atoms with E-state index >= 15 is 0 Å². The van der Waals surface area contributed by atoms with Crippen LogP contribution < -0.4 is 0 Å². The number of benzene rings is 1. The number of hydrogen-bond donors (Lipinski definition) is 0. The van der Waals surface area contributed by atoms with E-state index in [1.807, 2.05) is 0 Å². The molecule has 156 valence electrons. The first-order valence-corrected chi connectivity index (χ1v) is 10.9. The molecule has 29 heavy (non-hydrogen) atoms. The molecule has 4 rings (SSSR count). The number of aromatic nitrogens is 1. The Balaban J connectivity index is 1.62. The van der Waals surface area contributed by atoms with Gasteiger partial charge >= 0.3 is 0 Å². The molecule has 1 amide bonds. The molecule has 2 fully saturated rings. The lowest BCUT2D eigenvalue weighted by molar-refractivity contribution is 0.0445. The zero-order chi connectivity index (χ0) is 20.8. The second kappa shape index (κ2) is 7.51. The van der Waals surface area contributed by atoms with Crippen LogP contribution in [0, 0.1) is 19.7 Å². The molecule has 8 nitrogen and oxygen atoms in total. The van der Waals surface area contributed by atoms with Crippen molar-refractivity contribution in [1.29, 1.82) is 0 Å². The first kappa shape index (κ1) is 20.0. The lowest BCUT2D eigenvalue weighted by Crippen LogP contribution is -2.45. The fraction of sp³-hybridized carbons (Fsp3) is 0.474. The molecule has 2 saturated heterocycles. The van der Waals surface area contributed by atoms with E-state index < -0.39 is 28.0 Å². The van der Waals surface area contributed by atoms with Crippen molar-refractivity contribution in [3.8, 4) is 0 Å². The van der Waals surface area contributed by atoms with Gasteiger partial charge in [-0.2, -0.15) is 4.31 Å². The Hall–Kier alpha value is -2.30. The molecule has 2 aliphatic rings. The van der Waals surface area contributed by atoms with Crippen LogP contribution in [-0.4, -0.2) is 66.3 Å². The molecule has 0 spiro atoms. The zero-order valence-electron chi connectivity index (χ0n) is 16.2. The highest BCUT2D eigenvalue weighted by molar-refractivity contribution is 7.89. The molecule has 2 atom stereocenters. The molecule has 0 radical (unpaired) electrons. The largest absolute Gasteiger partial charge is 0.374 e. The van der Waals surface area contributed by atoms with Crippen LogP contribution in [0.25, 0.3) is 0 Å². The number of halogens is 1. The van der Waals surface area contributed by atoms with Gasteiger partial charge in [-0.3, -0.25) is 4.79 Å². The van der Waals surface area contributed by atoms with Gasteiger partial charge in [0.05, 0.1) is 30.2 Å². The third-order valence-electron chi connectivity index (χ3n) is 5.40. The summed E-state index contributed by atoms with van der Waals surface area (Å²) >= 11 is 0. The Kier molecular flexibility index (Phi) is 5.18. The highest BCUT2D eigenvalue weighted by Crippen LogP contribution is 2.29. The third kappa shape index (κ3) is 3.79. The summed E-state index contributed by atoms with van der Waals surface area (Å²) in [4.78, 5) is 14.6. The summed E-state index contributed by atoms with van der Waals surface area (Å²) in [6, 6.07) is 5.31. The molecule has 1 aromatic carbocycles. The van der Waals surface area contributed by atoms with Crippen molar-refractivity contribution in [2.45, 2.75) is 32.5 Å². The van der Waals surface area contributed by atoms with Crippen LogP contribution in [-0.2, 0) is 21.3 Å². The molecule has 0 saturated carbocycles. The molecule has 3 heterocycles. The minimum absolute atomic E-state index is 0.0258. The van der Waals surface area contributed by atoms with Gasteiger partial charge in [-0.15, -0.1) is 0 Å². The number of amides is 1. The summed E-state index contributed by atoms with van der Waals surface area (Å²) in [6.45, 7) is 3.88. The van der Waals surface area contributed by atoms with Crippen molar-refractivity contribution in [2.24, 2.45) is 0 Å². The Morgan fingerprint density at radius 1 is 1.31 bits per heavy atom. The number of sulfonamides is 1. The Labute approximate surface area is 168 Å². The van der Waals surface area contributed by atoms with Crippen LogP contribution >= 0.6 is 0 Å². The van der Waals surface area contributed by atoms with E-state index in [9.17, 15) is 17.6 Å². The second-order valence-electron chi connectivity index (χ2n) is 7.38. The standard InChI is InChI=1S/C19H22FN3O5S/c1-12-18(13(2)28-21-12)19(24)22-10-16-17(11-22)27-6-7-29(25,26)23(16)9-14-4-3-5-15(20)8-14/h3-5,8,16-17H,6-7,9-11H2,1-2H3/t16-,17+/m1/s1. The van der Waals surface area contributed by atoms with Gasteiger partial charge in [-0.25, -0.2) is 12.8 Å². The number of carbonyl (C=O) groups excluding carboxylic acids is 1. The average Bonchev–Trinajstić information content (AvgIpc) is 3.19. The molecular formula is C19H22FN3O5S. The van der Waals surface area contributed by atoms with Gasteiger partial charge in [0, 0.05) is 19.6 Å². The average molecular weight is 423 g/mol. The number of fused-ring (bicyclic) bond motifs is 1. The summed E-state index contributed by atoms with van der Waals surface area (Å²) in [5.74, 6) is -0.414. The minimum atomic E-state index is -3.63. The van der Waals surface area contributed by atoms with Gasteiger partial charge < -0.3 is 14.2 Å². The first-order valence-electron chi connectivity index (χ1n) is 9.34. The number of ether oxygens (including phenoxy) is 1. The van der Waals surface area contributed by atoms with E-state index in [2.05, 4.69) is 5.16 Å². The van der Waals surface area contributed by atoms with E-state index in [4.69, 9.17) is 9.26 Å². The Bertz CT molecular complexity index is 1020. The minimum Gasteiger partial charge on any atom is -0.374 e. The van der Waals surface area contributed by atoms with E-state index in [-0.39, 0.29) is 37.9 Å². The number of hydrogen-bond acceptors (Lipinski definition) is 6. The van der Waals surface area contributed by atoms with E-state index in [0.29, 0.717) is 22.6 Å². The van der Waals surface area contributed by atoms with Crippen molar-refractivity contribution in [3.63, 3.8) is 0 Å². The normalized spacial score (nSPS) is 24.3. The topological polar surface area (TPSA) is 93.0 Å². The van der Waals surface area contributed by atoms with E-state index in [1.165, 1.54) is 16.4 Å². The van der Waals surface area contributed by atoms with Gasteiger partial charge in [0.15, 0.2) is 0 Å². The van der Waals surface area contributed by atoms with Crippen molar-refractivity contribution in [2.75, 3.05) is 25.4 Å². The van der Waals surface area contributed by atoms with Gasteiger partial charge in [0.1, 0.15) is 17.1 Å². The second-order valence-corrected chi connectivity index (χ2v) is 9.42. The van der Waals surface area contributed by atoms with Crippen LogP contribution in [0.4, 0.5) is 4.39 Å². The van der Waals surface area contributed by atoms with Crippen LogP contribution in [0.1, 0.15) is 27.4 Å². The van der Waals surface area contributed by atoms with Gasteiger partial charge in [0.2, 0.25) is 10.0 Å². The van der Waals surface area contributed by atoms with Crippen LogP contribution in [0.15, 0.2) is 28.8 Å². The van der Waals surface area contributed by atoms with E-state index in [0.717, 1.165) is 0 Å². The van der Waals surface area contributed by atoms with Crippen molar-refractivity contribution in [1.82, 2.24) is 14.4 Å². The maximum absolute atomic E-state index is 13.6. The molecule has 2 aromatic rings. The van der Waals surface area contributed by atoms with Gasteiger partial charge in [-0.1, -0.05) is 17.3 Å². The van der Waals surface area contributed by atoms with Crippen LogP contribution in [0.2, 0.25) is 0 Å². The summed E-state index contributed by atoms with van der Waals surface area (Å²) in [6.07, 6.45) is -0.453. The number of likely N-dealkylation sites (tertiary alicyclic amines) is 1. The lowest BCUT2D eigenvalue weighted by atomic mass is 10.1. The number of nitrogens with zero attached hydrogens (tertiary/aromatic N) is 3. The number of aryl methyl sites for hydroxylation is 2. The molecule has 10 heteroatoms. The van der Waals surface area contributed by atoms with Crippen LogP contribution in [0.5, 0.6) is 0 Å². The number of rotatable bonds is 3. The van der Waals surface area contributed by atoms with Crippen LogP contribution in [0.3, 0.4) is 0 Å². The Morgan fingerprint density at radius 3 is 2.79 bits per heavy atom. The molecule has 0 bridgehead atoms. The monoisotopic (exact) mass is 423 g/mol. The molecule has 2 aliphatic heterocycles. The quantitative estimate of drug-likeness (QED) is 0.743. The van der Waals surface area contributed by atoms with Crippen molar-refractivity contribution >= 4 is 15.9 Å². The summed E-state index contributed by atoms with van der Waals surface area (Å²) in [5, 5.41) is 3.82. The predicted molar refractivity (Wildman–Crippen MR) is 101 cm³/mol. The fourth-order valence-electron chi connectivity index (χ4n) is 3.97. The summed E-state index contributed by atoms with van der Waals surface area (Å²) in [5.41, 5.74) is 1.43. The first-order chi connectivity index (χ1) is 13.8. The smallest absolute Gasteiger partial charge is 0.259 e. The highest BCUT2D eigenvalue weighted by atomic mass is 32.2. The predicted octanol–water partition coefficient (Wildman–Crippen LogP) is 1.49. The maximum atomic E-state index is 13.6. The molecular weight excluding hydrogens is 401 g/mol. The molecule has 0 N–H and O–H groups in total. The highest BCUT2D eigenvalue weighted by Gasteiger charge is 2.46. The third-order valence-corrected chi connectivity index (χ3v) is 7.20. The lowest BCUT2D eigenvalue weighted by Gasteiger charge is -2.28. The maximum Gasteiger partial charge on any atom is 0.259 e. The zero-order valence-corrected chi connectivity index (χ0v) is 17.0. The Morgan fingerprint density at radius 2 is 2.10 bits per heavy atom. The molecule has 0 unspecified atom stereocenters. The van der Waals surface area contributed by atoms with Crippen molar-refractivity contribution < 1.29 is 26.9 Å². The number of carbonyl (C=O) groups is 1. The van der Waals surface area contributed by atoms with Crippen molar-refractivity contribution in [3.05, 3.63) is 52.7 Å². The molecule has 0 aliphatic carbocycles. The summed E-state index contributed by atoms with van der Waals surface area (Å²) in [7, 11) is -3.63. The fourth-order valence-corrected chi connectivity index (χ4v) is 5.47. The van der Waals surface area contributed by atoms with Gasteiger partial charge in [-0.05, 0) is 31.5 Å². The molecule has 1 aromatic heterocycles.